The number of likely N-dealkylation sites (N-methyl/N-ethyl adjacent to an activating group) is 1. The zero-order valence-corrected chi connectivity index (χ0v) is 10.7. The molecule has 0 aromatic heterocycles. The second kappa shape index (κ2) is 5.19. The Labute approximate surface area is 103 Å². The molecule has 0 heterocycles. The molecule has 0 amide bonds. The summed E-state index contributed by atoms with van der Waals surface area (Å²) in [6.45, 7) is 1.00. The molecule has 0 N–H and O–H groups in total. The van der Waals surface area contributed by atoms with Gasteiger partial charge in [-0.1, -0.05) is 30.4 Å². The van der Waals surface area contributed by atoms with E-state index in [-0.39, 0.29) is 0 Å². The highest BCUT2D eigenvalue weighted by Gasteiger charge is 2.11. The fourth-order valence-corrected chi connectivity index (χ4v) is 2.07. The van der Waals surface area contributed by atoms with Gasteiger partial charge in [0.05, 0.1) is 7.11 Å². The van der Waals surface area contributed by atoms with Crippen LogP contribution in [0.2, 0.25) is 0 Å². The molecule has 0 saturated heterocycles. The summed E-state index contributed by atoms with van der Waals surface area (Å²) in [4.78, 5) is 2.19. The second-order valence-electron chi connectivity index (χ2n) is 4.64. The lowest BCUT2D eigenvalue weighted by Crippen LogP contribution is -2.13. The maximum Gasteiger partial charge on any atom is 0.118 e. The quantitative estimate of drug-likeness (QED) is 0.787. The molecule has 0 saturated carbocycles. The van der Waals surface area contributed by atoms with E-state index in [1.807, 2.05) is 12.1 Å². The van der Waals surface area contributed by atoms with Crippen LogP contribution >= 0.6 is 0 Å². The molecule has 2 nitrogen and oxygen atoms in total. The molecule has 2 rings (SSSR count). The van der Waals surface area contributed by atoms with Gasteiger partial charge in [-0.15, -0.1) is 0 Å². The number of methoxy groups -OCH3 is 1. The summed E-state index contributed by atoms with van der Waals surface area (Å²) in [5.74, 6) is 1.32. The number of ether oxygens (including phenoxy) is 1. The first-order valence-electron chi connectivity index (χ1n) is 5.86. The highest BCUT2D eigenvalue weighted by molar-refractivity contribution is 5.41. The number of benzene rings is 1. The summed E-state index contributed by atoms with van der Waals surface area (Å²) >= 11 is 0. The van der Waals surface area contributed by atoms with Gasteiger partial charge < -0.3 is 9.64 Å². The van der Waals surface area contributed by atoms with E-state index in [1.54, 1.807) is 7.11 Å². The van der Waals surface area contributed by atoms with Crippen molar-refractivity contribution in [1.82, 2.24) is 4.90 Å². The third-order valence-electron chi connectivity index (χ3n) is 2.91. The van der Waals surface area contributed by atoms with E-state index in [2.05, 4.69) is 49.4 Å². The van der Waals surface area contributed by atoms with E-state index < -0.39 is 0 Å². The molecule has 2 heteroatoms. The lowest BCUT2D eigenvalue weighted by atomic mass is 10.0. The smallest absolute Gasteiger partial charge is 0.118 e. The molecule has 0 spiro atoms. The summed E-state index contributed by atoms with van der Waals surface area (Å²) in [5.41, 5.74) is 2.70. The van der Waals surface area contributed by atoms with Crippen LogP contribution in [0.15, 0.2) is 48.1 Å². The van der Waals surface area contributed by atoms with Crippen molar-refractivity contribution >= 4 is 0 Å². The first-order chi connectivity index (χ1) is 8.19. The molecule has 0 bridgehead atoms. The zero-order chi connectivity index (χ0) is 12.3. The van der Waals surface area contributed by atoms with Crippen LogP contribution in [-0.2, 0) is 0 Å². The number of rotatable bonds is 4. The van der Waals surface area contributed by atoms with Gasteiger partial charge in [-0.3, -0.25) is 0 Å². The third-order valence-corrected chi connectivity index (χ3v) is 2.91. The molecule has 1 aromatic rings. The van der Waals surface area contributed by atoms with Crippen LogP contribution in [0.5, 0.6) is 5.75 Å². The molecule has 90 valence electrons. The van der Waals surface area contributed by atoms with Gasteiger partial charge in [0.1, 0.15) is 5.75 Å². The van der Waals surface area contributed by atoms with Gasteiger partial charge in [0.25, 0.3) is 0 Å². The standard InChI is InChI=1S/C15H19NO/c1-16(2)11-12-4-5-14(10-12)13-6-8-15(17-3)9-7-13/h4-10,14H,11H2,1-3H3. The Hall–Kier alpha value is -1.54. The second-order valence-corrected chi connectivity index (χ2v) is 4.64. The number of hydrogen-bond acceptors (Lipinski definition) is 2. The van der Waals surface area contributed by atoms with E-state index in [9.17, 15) is 0 Å². The third kappa shape index (κ3) is 2.98. The average Bonchev–Trinajstić information content (AvgIpc) is 2.77. The summed E-state index contributed by atoms with van der Waals surface area (Å²) in [6, 6.07) is 8.29. The van der Waals surface area contributed by atoms with Gasteiger partial charge in [0.2, 0.25) is 0 Å². The van der Waals surface area contributed by atoms with Crippen LogP contribution in [0.1, 0.15) is 11.5 Å². The van der Waals surface area contributed by atoms with Crippen LogP contribution < -0.4 is 4.74 Å². The molecule has 0 radical (unpaired) electrons. The highest BCUT2D eigenvalue weighted by Crippen LogP contribution is 2.27. The Kier molecular flexibility index (Phi) is 3.64. The van der Waals surface area contributed by atoms with Crippen molar-refractivity contribution in [2.75, 3.05) is 27.7 Å². The van der Waals surface area contributed by atoms with Crippen molar-refractivity contribution in [2.45, 2.75) is 5.92 Å². The number of hydrogen-bond donors (Lipinski definition) is 0. The zero-order valence-electron chi connectivity index (χ0n) is 10.7. The maximum atomic E-state index is 5.17. The van der Waals surface area contributed by atoms with Gasteiger partial charge in [0, 0.05) is 12.5 Å². The Morgan fingerprint density at radius 2 is 1.88 bits per heavy atom. The molecule has 1 aliphatic carbocycles. The molecule has 17 heavy (non-hydrogen) atoms. The van der Waals surface area contributed by atoms with Gasteiger partial charge in [-0.25, -0.2) is 0 Å². The minimum absolute atomic E-state index is 0.413. The highest BCUT2D eigenvalue weighted by atomic mass is 16.5. The topological polar surface area (TPSA) is 12.5 Å². The van der Waals surface area contributed by atoms with E-state index in [0.717, 1.165) is 12.3 Å². The van der Waals surface area contributed by atoms with Crippen molar-refractivity contribution in [3.8, 4) is 5.75 Å². The Morgan fingerprint density at radius 1 is 1.18 bits per heavy atom. The fourth-order valence-electron chi connectivity index (χ4n) is 2.07. The van der Waals surface area contributed by atoms with E-state index >= 15 is 0 Å². The maximum absolute atomic E-state index is 5.17. The van der Waals surface area contributed by atoms with Gasteiger partial charge in [-0.2, -0.15) is 0 Å². The molecule has 1 unspecified atom stereocenters. The van der Waals surface area contributed by atoms with E-state index in [1.165, 1.54) is 11.1 Å². The first-order valence-corrected chi connectivity index (χ1v) is 5.86. The predicted molar refractivity (Wildman–Crippen MR) is 71.5 cm³/mol. The Balaban J connectivity index is 2.09. The molecular formula is C15H19NO. The number of nitrogens with zero attached hydrogens (tertiary/aromatic N) is 1. The van der Waals surface area contributed by atoms with Gasteiger partial charge in [-0.05, 0) is 37.4 Å². The van der Waals surface area contributed by atoms with E-state index in [0.29, 0.717) is 5.92 Å². The van der Waals surface area contributed by atoms with Gasteiger partial charge in [0.15, 0.2) is 0 Å². The molecule has 0 fully saturated rings. The molecule has 1 aromatic carbocycles. The molecule has 1 aliphatic rings. The Morgan fingerprint density at radius 3 is 2.47 bits per heavy atom. The van der Waals surface area contributed by atoms with Crippen molar-refractivity contribution < 1.29 is 4.74 Å². The summed E-state index contributed by atoms with van der Waals surface area (Å²) in [5, 5.41) is 0. The van der Waals surface area contributed by atoms with Crippen LogP contribution in [0.3, 0.4) is 0 Å². The lowest BCUT2D eigenvalue weighted by Gasteiger charge is -2.09. The molecular weight excluding hydrogens is 210 g/mol. The van der Waals surface area contributed by atoms with Crippen molar-refractivity contribution in [3.63, 3.8) is 0 Å². The fraction of sp³-hybridized carbons (Fsp3) is 0.333. The van der Waals surface area contributed by atoms with Crippen LogP contribution in [0, 0.1) is 0 Å². The normalized spacial score (nSPS) is 18.6. The van der Waals surface area contributed by atoms with Crippen LogP contribution in [-0.4, -0.2) is 32.6 Å². The summed E-state index contributed by atoms with van der Waals surface area (Å²) < 4.78 is 5.17. The largest absolute Gasteiger partial charge is 0.497 e. The first kappa shape index (κ1) is 11.9. The summed E-state index contributed by atoms with van der Waals surface area (Å²) in [6.07, 6.45) is 6.79. The van der Waals surface area contributed by atoms with Crippen molar-refractivity contribution in [1.29, 1.82) is 0 Å². The van der Waals surface area contributed by atoms with E-state index in [4.69, 9.17) is 4.74 Å². The predicted octanol–water partition coefficient (Wildman–Crippen LogP) is 2.84. The van der Waals surface area contributed by atoms with Crippen molar-refractivity contribution in [2.24, 2.45) is 0 Å². The van der Waals surface area contributed by atoms with Crippen LogP contribution in [0.25, 0.3) is 0 Å². The molecule has 0 aliphatic heterocycles. The minimum atomic E-state index is 0.413. The number of allylic oxidation sites excluding steroid dienone is 2. The summed E-state index contributed by atoms with van der Waals surface area (Å²) in [7, 11) is 5.88. The lowest BCUT2D eigenvalue weighted by molar-refractivity contribution is 0.414. The minimum Gasteiger partial charge on any atom is -0.497 e. The monoisotopic (exact) mass is 229 g/mol. The van der Waals surface area contributed by atoms with Crippen molar-refractivity contribution in [3.05, 3.63) is 53.6 Å². The van der Waals surface area contributed by atoms with Crippen LogP contribution in [0.4, 0.5) is 0 Å². The van der Waals surface area contributed by atoms with Gasteiger partial charge >= 0.3 is 0 Å². The SMILES string of the molecule is COc1ccc(C2C=CC(CN(C)C)=C2)cc1. The average molecular weight is 229 g/mol. The Bertz CT molecular complexity index is 429. The molecule has 1 atom stereocenters.